The van der Waals surface area contributed by atoms with Crippen LogP contribution in [0.1, 0.15) is 6.42 Å². The molecule has 0 aliphatic carbocycles. The number of hydrogen-bond acceptors (Lipinski definition) is 4. The van der Waals surface area contributed by atoms with Gasteiger partial charge in [-0.2, -0.15) is 4.31 Å². The van der Waals surface area contributed by atoms with Gasteiger partial charge in [-0.1, -0.05) is 0 Å². The molecule has 1 saturated heterocycles. The van der Waals surface area contributed by atoms with Crippen LogP contribution in [0.15, 0.2) is 20.1 Å². The zero-order valence-corrected chi connectivity index (χ0v) is 11.1. The minimum Gasteiger partial charge on any atom is -0.365 e. The summed E-state index contributed by atoms with van der Waals surface area (Å²) >= 11 is 4.47. The third-order valence-corrected chi connectivity index (χ3v) is 5.99. The lowest BCUT2D eigenvalue weighted by molar-refractivity contribution is 0.0314. The highest BCUT2D eigenvalue weighted by atomic mass is 79.9. The molecule has 4 nitrogen and oxygen atoms in total. The first-order valence-electron chi connectivity index (χ1n) is 4.44. The van der Waals surface area contributed by atoms with Gasteiger partial charge in [-0.25, -0.2) is 8.42 Å². The largest absolute Gasteiger partial charge is 0.365 e. The van der Waals surface area contributed by atoms with Gasteiger partial charge in [0.25, 0.3) is 10.0 Å². The fraction of sp³-hybridized carbons (Fsp3) is 0.500. The molecule has 1 aliphatic rings. The predicted molar refractivity (Wildman–Crippen MR) is 61.3 cm³/mol. The highest BCUT2D eigenvalue weighted by molar-refractivity contribution is 9.11. The molecule has 2 heterocycles. The Hall–Kier alpha value is 0.0500. The van der Waals surface area contributed by atoms with Crippen molar-refractivity contribution in [3.63, 3.8) is 0 Å². The number of halogens is 1. The lowest BCUT2D eigenvalue weighted by atomic mass is 10.4. The third-order valence-electron chi connectivity index (χ3n) is 2.07. The molecule has 0 spiro atoms. The van der Waals surface area contributed by atoms with Crippen molar-refractivity contribution in [2.24, 2.45) is 0 Å². The molecule has 1 fully saturated rings. The molecule has 7 heteroatoms. The van der Waals surface area contributed by atoms with Crippen LogP contribution in [-0.4, -0.2) is 32.6 Å². The monoisotopic (exact) mass is 311 g/mol. The fourth-order valence-electron chi connectivity index (χ4n) is 1.33. The lowest BCUT2D eigenvalue weighted by Gasteiger charge is -2.25. The first-order chi connectivity index (χ1) is 7.10. The molecule has 0 unspecified atom stereocenters. The number of rotatable bonds is 2. The lowest BCUT2D eigenvalue weighted by Crippen LogP contribution is -2.37. The zero-order chi connectivity index (χ0) is 10.9. The molecular weight excluding hydrogens is 302 g/mol. The van der Waals surface area contributed by atoms with Crippen molar-refractivity contribution in [1.29, 1.82) is 0 Å². The summed E-state index contributed by atoms with van der Waals surface area (Å²) < 4.78 is 31.8. The maximum atomic E-state index is 12.0. The second-order valence-corrected chi connectivity index (χ2v) is 7.76. The van der Waals surface area contributed by atoms with E-state index >= 15 is 0 Å². The highest BCUT2D eigenvalue weighted by Gasteiger charge is 2.27. The fourth-order valence-corrected chi connectivity index (χ4v) is 4.85. The van der Waals surface area contributed by atoms with Crippen molar-refractivity contribution in [2.45, 2.75) is 10.6 Å². The Bertz CT molecular complexity index is 436. The van der Waals surface area contributed by atoms with Gasteiger partial charge in [0.15, 0.2) is 0 Å². The summed E-state index contributed by atoms with van der Waals surface area (Å²) in [5.74, 6) is 0. The minimum atomic E-state index is -3.34. The number of hydrogen-bond donors (Lipinski definition) is 0. The average Bonchev–Trinajstić information content (AvgIpc) is 2.67. The Morgan fingerprint density at radius 2 is 2.27 bits per heavy atom. The van der Waals surface area contributed by atoms with Gasteiger partial charge < -0.3 is 4.74 Å². The van der Waals surface area contributed by atoms with E-state index in [1.165, 1.54) is 15.6 Å². The molecule has 0 atom stereocenters. The standard InChI is InChI=1S/C8H10BrNO3S2/c9-7-2-3-8(14-7)15(11,12)10-4-1-5-13-6-10/h2-3H,1,4-6H2. The number of nitrogens with zero attached hydrogens (tertiary/aromatic N) is 1. The quantitative estimate of drug-likeness (QED) is 0.838. The second-order valence-electron chi connectivity index (χ2n) is 3.13. The van der Waals surface area contributed by atoms with Gasteiger partial charge >= 0.3 is 0 Å². The van der Waals surface area contributed by atoms with E-state index < -0.39 is 10.0 Å². The molecule has 0 N–H and O–H groups in total. The van der Waals surface area contributed by atoms with Crippen LogP contribution in [0, 0.1) is 0 Å². The van der Waals surface area contributed by atoms with E-state index in [9.17, 15) is 8.42 Å². The summed E-state index contributed by atoms with van der Waals surface area (Å²) in [6, 6.07) is 3.35. The smallest absolute Gasteiger partial charge is 0.254 e. The summed E-state index contributed by atoms with van der Waals surface area (Å²) in [7, 11) is -3.34. The van der Waals surface area contributed by atoms with Gasteiger partial charge in [0, 0.05) is 13.2 Å². The van der Waals surface area contributed by atoms with Crippen molar-refractivity contribution < 1.29 is 13.2 Å². The molecular formula is C8H10BrNO3S2. The Morgan fingerprint density at radius 3 is 2.80 bits per heavy atom. The van der Waals surface area contributed by atoms with Crippen LogP contribution in [0.5, 0.6) is 0 Å². The summed E-state index contributed by atoms with van der Waals surface area (Å²) in [5, 5.41) is 0. The first kappa shape index (κ1) is 11.5. The molecule has 84 valence electrons. The van der Waals surface area contributed by atoms with E-state index in [4.69, 9.17) is 4.74 Å². The SMILES string of the molecule is O=S(=O)(c1ccc(Br)s1)N1CCCOC1. The highest BCUT2D eigenvalue weighted by Crippen LogP contribution is 2.28. The van der Waals surface area contributed by atoms with Gasteiger partial charge in [0.2, 0.25) is 0 Å². The van der Waals surface area contributed by atoms with Gasteiger partial charge in [0.05, 0.1) is 3.79 Å². The zero-order valence-electron chi connectivity index (χ0n) is 7.85. The summed E-state index contributed by atoms with van der Waals surface area (Å²) in [6.07, 6.45) is 0.756. The van der Waals surface area contributed by atoms with E-state index in [0.717, 1.165) is 10.2 Å². The summed E-state index contributed by atoms with van der Waals surface area (Å²) in [5.41, 5.74) is 0. The van der Waals surface area contributed by atoms with Crippen molar-refractivity contribution in [3.8, 4) is 0 Å². The maximum absolute atomic E-state index is 12.0. The van der Waals surface area contributed by atoms with Crippen LogP contribution >= 0.6 is 27.3 Å². The first-order valence-corrected chi connectivity index (χ1v) is 7.49. The Balaban J connectivity index is 2.26. The van der Waals surface area contributed by atoms with E-state index in [1.807, 2.05) is 0 Å². The predicted octanol–water partition coefficient (Wildman–Crippen LogP) is 1.88. The molecule has 0 bridgehead atoms. The molecule has 0 amide bonds. The van der Waals surface area contributed by atoms with Crippen LogP contribution in [0.4, 0.5) is 0 Å². The van der Waals surface area contributed by atoms with Crippen molar-refractivity contribution in [3.05, 3.63) is 15.9 Å². The molecule has 15 heavy (non-hydrogen) atoms. The van der Waals surface area contributed by atoms with Crippen molar-refractivity contribution >= 4 is 37.3 Å². The topological polar surface area (TPSA) is 46.6 Å². The molecule has 1 aromatic rings. The van der Waals surface area contributed by atoms with Gasteiger partial charge in [-0.3, -0.25) is 0 Å². The van der Waals surface area contributed by atoms with E-state index in [1.54, 1.807) is 12.1 Å². The van der Waals surface area contributed by atoms with E-state index in [0.29, 0.717) is 17.4 Å². The van der Waals surface area contributed by atoms with Crippen molar-refractivity contribution in [2.75, 3.05) is 19.9 Å². The summed E-state index contributed by atoms with van der Waals surface area (Å²) in [4.78, 5) is 0. The van der Waals surface area contributed by atoms with Crippen LogP contribution in [0.25, 0.3) is 0 Å². The molecule has 1 aromatic heterocycles. The van der Waals surface area contributed by atoms with Crippen LogP contribution < -0.4 is 0 Å². The minimum absolute atomic E-state index is 0.165. The molecule has 1 aliphatic heterocycles. The number of thiophene rings is 1. The maximum Gasteiger partial charge on any atom is 0.254 e. The van der Waals surface area contributed by atoms with E-state index in [2.05, 4.69) is 15.9 Å². The number of sulfonamides is 1. The molecule has 0 radical (unpaired) electrons. The third kappa shape index (κ3) is 2.42. The molecule has 2 rings (SSSR count). The van der Waals surface area contributed by atoms with Crippen LogP contribution in [0.3, 0.4) is 0 Å². The second kappa shape index (κ2) is 4.50. The number of ether oxygens (including phenoxy) is 1. The van der Waals surface area contributed by atoms with Crippen LogP contribution in [0.2, 0.25) is 0 Å². The Labute approximate surface area is 101 Å². The van der Waals surface area contributed by atoms with Gasteiger partial charge in [-0.05, 0) is 34.5 Å². The van der Waals surface area contributed by atoms with Crippen LogP contribution in [-0.2, 0) is 14.8 Å². The average molecular weight is 312 g/mol. The van der Waals surface area contributed by atoms with Gasteiger partial charge in [0.1, 0.15) is 10.9 Å². The Morgan fingerprint density at radius 1 is 1.47 bits per heavy atom. The Kier molecular flexibility index (Phi) is 3.46. The van der Waals surface area contributed by atoms with Gasteiger partial charge in [-0.15, -0.1) is 11.3 Å². The van der Waals surface area contributed by atoms with E-state index in [-0.39, 0.29) is 6.73 Å². The molecule has 0 aromatic carbocycles. The van der Waals surface area contributed by atoms with Crippen molar-refractivity contribution in [1.82, 2.24) is 4.31 Å². The summed E-state index contributed by atoms with van der Waals surface area (Å²) in [6.45, 7) is 1.34. The molecule has 0 saturated carbocycles. The normalized spacial score (nSPS) is 19.3.